The summed E-state index contributed by atoms with van der Waals surface area (Å²) in [6, 6.07) is 6.76. The molecule has 0 radical (unpaired) electrons. The number of pyridine rings is 1. The zero-order chi connectivity index (χ0) is 46.7. The number of unbranched alkanes of at least 4 members (excludes halogenated alkanes) is 1. The first kappa shape index (κ1) is 49.0. The van der Waals surface area contributed by atoms with Gasteiger partial charge in [-0.25, -0.2) is 14.8 Å². The Bertz CT molecular complexity index is 2060. The van der Waals surface area contributed by atoms with Gasteiger partial charge in [-0.05, 0) is 97.7 Å². The molecule has 0 unspecified atom stereocenters. The van der Waals surface area contributed by atoms with Crippen molar-refractivity contribution in [2.75, 3.05) is 27.2 Å². The van der Waals surface area contributed by atoms with Crippen LogP contribution in [0.5, 0.6) is 0 Å². The summed E-state index contributed by atoms with van der Waals surface area (Å²) < 4.78 is 35.4. The van der Waals surface area contributed by atoms with E-state index in [-0.39, 0.29) is 37.3 Å². The van der Waals surface area contributed by atoms with Gasteiger partial charge in [0.1, 0.15) is 29.7 Å². The largest absolute Gasteiger partial charge is 0.458 e. The van der Waals surface area contributed by atoms with Crippen LogP contribution in [0.15, 0.2) is 55.4 Å². The molecule has 64 heavy (non-hydrogen) atoms. The standard InChI is InChI=1S/C48H70N6O10/c1-12-37-48(9)42(54(46(59)64-48)23-17-14-20-52-27-35(50-28-52)34-18-19-38(49-26-34)53-21-15-16-22-53)31(5)39(55)29(3)25-47(8,60-11)43(32(6)40(56)33(7)44(58)62-37)63-45-41(57)36(51(10)13-2)24-30(4)61-45/h15-16,18-19,21-22,26-33,36-37,41-43,45,57H,12-14,17,20,23-25H2,1-11H3/t29-,30-,31+,32+,33-,36+,37-,41-,42+,43-,45+,47-,48-/m1/s1. The highest BCUT2D eigenvalue weighted by Gasteiger charge is 2.60. The number of esters is 1. The maximum atomic E-state index is 14.8. The quantitative estimate of drug-likeness (QED) is 0.118. The van der Waals surface area contributed by atoms with Crippen LogP contribution in [0.2, 0.25) is 0 Å². The Morgan fingerprint density at radius 1 is 0.953 bits per heavy atom. The number of nitrogens with zero attached hydrogens (tertiary/aromatic N) is 6. The average Bonchev–Trinajstić information content (AvgIpc) is 4.05. The summed E-state index contributed by atoms with van der Waals surface area (Å²) in [6.45, 7) is 17.6. The number of ether oxygens (including phenoxy) is 5. The van der Waals surface area contributed by atoms with E-state index in [4.69, 9.17) is 23.7 Å². The number of aromatic nitrogens is 4. The van der Waals surface area contributed by atoms with E-state index >= 15 is 0 Å². The van der Waals surface area contributed by atoms with Gasteiger partial charge in [0.25, 0.3) is 0 Å². The normalized spacial score (nSPS) is 34.4. The van der Waals surface area contributed by atoms with Crippen molar-refractivity contribution in [3.05, 3.63) is 55.4 Å². The van der Waals surface area contributed by atoms with Gasteiger partial charge in [0.05, 0.1) is 35.9 Å². The van der Waals surface area contributed by atoms with E-state index in [0.717, 1.165) is 17.1 Å². The summed E-state index contributed by atoms with van der Waals surface area (Å²) in [6.07, 6.45) is 6.61. The molecule has 1 N–H and O–H groups in total. The Morgan fingerprint density at radius 2 is 1.66 bits per heavy atom. The van der Waals surface area contributed by atoms with Crippen molar-refractivity contribution in [3.8, 4) is 17.1 Å². The molecule has 352 valence electrons. The molecule has 13 atom stereocenters. The third kappa shape index (κ3) is 10.0. The zero-order valence-electron chi connectivity index (χ0n) is 39.5. The molecule has 16 nitrogen and oxygen atoms in total. The van der Waals surface area contributed by atoms with E-state index in [2.05, 4.69) is 9.97 Å². The maximum Gasteiger partial charge on any atom is 0.410 e. The van der Waals surface area contributed by atoms with Gasteiger partial charge in [0.2, 0.25) is 0 Å². The number of hydrogen-bond acceptors (Lipinski definition) is 13. The summed E-state index contributed by atoms with van der Waals surface area (Å²) in [7, 11) is 3.43. The number of hydrogen-bond donors (Lipinski definition) is 1. The van der Waals surface area contributed by atoms with E-state index in [1.54, 1.807) is 45.1 Å². The van der Waals surface area contributed by atoms with Crippen molar-refractivity contribution in [2.24, 2.45) is 23.7 Å². The molecule has 3 aliphatic heterocycles. The summed E-state index contributed by atoms with van der Waals surface area (Å²) >= 11 is 0. The lowest BCUT2D eigenvalue weighted by atomic mass is 9.73. The Kier molecular flexibility index (Phi) is 15.6. The van der Waals surface area contributed by atoms with Gasteiger partial charge in [-0.15, -0.1) is 0 Å². The molecule has 6 rings (SSSR count). The number of Topliss-reactive ketones (excluding diaryl/α,β-unsaturated/α-hetero) is 2. The molecule has 0 aliphatic carbocycles. The van der Waals surface area contributed by atoms with Crippen molar-refractivity contribution >= 4 is 23.6 Å². The number of amides is 1. The number of rotatable bonds is 13. The van der Waals surface area contributed by atoms with Crippen molar-refractivity contribution in [2.45, 2.75) is 155 Å². The number of carbonyl (C=O) groups excluding carboxylic acids is 4. The molecule has 6 heterocycles. The summed E-state index contributed by atoms with van der Waals surface area (Å²) in [5.41, 5.74) is -1.00. The van der Waals surface area contributed by atoms with Gasteiger partial charge in [0, 0.05) is 74.3 Å². The minimum absolute atomic E-state index is 0.125. The van der Waals surface area contributed by atoms with Crippen LogP contribution in [0, 0.1) is 23.7 Å². The van der Waals surface area contributed by atoms with Crippen LogP contribution in [0.1, 0.15) is 94.4 Å². The SMILES string of the molecule is CC[C@H]1OC(=O)[C@H](C)C(=O)[C@H](C)[C@@H](O[C@@H]2O[C@H](C)C[C@H](N(C)CC)[C@H]2O)[C@](C)(OC)C[C@@H](C)C(=O)[C@H](C)[C@@H]2N(CCCCn3cnc(-c4ccc(-n5cccc5)nc4)c3)C(=O)O[C@@]21C. The van der Waals surface area contributed by atoms with Crippen LogP contribution < -0.4 is 0 Å². The van der Waals surface area contributed by atoms with E-state index in [0.29, 0.717) is 32.4 Å². The van der Waals surface area contributed by atoms with E-state index in [1.165, 1.54) is 14.0 Å². The highest BCUT2D eigenvalue weighted by Crippen LogP contribution is 2.43. The molecule has 16 heteroatoms. The summed E-state index contributed by atoms with van der Waals surface area (Å²) in [5, 5.41) is 11.6. The number of cyclic esters (lactones) is 1. The smallest absolute Gasteiger partial charge is 0.410 e. The Morgan fingerprint density at radius 3 is 2.30 bits per heavy atom. The van der Waals surface area contributed by atoms with Crippen molar-refractivity contribution in [3.63, 3.8) is 0 Å². The number of likely N-dealkylation sites (N-methyl/N-ethyl adjacent to an activating group) is 1. The van der Waals surface area contributed by atoms with E-state index < -0.39 is 83.4 Å². The van der Waals surface area contributed by atoms with Crippen molar-refractivity contribution in [1.29, 1.82) is 0 Å². The number of aliphatic hydroxyl groups excluding tert-OH is 1. The number of carbonyl (C=O) groups is 4. The summed E-state index contributed by atoms with van der Waals surface area (Å²) in [4.78, 5) is 70.1. The minimum atomic E-state index is -1.41. The Labute approximate surface area is 377 Å². The molecular weight excluding hydrogens is 821 g/mol. The van der Waals surface area contributed by atoms with Gasteiger partial charge < -0.3 is 47.7 Å². The van der Waals surface area contributed by atoms with Crippen molar-refractivity contribution in [1.82, 2.24) is 28.9 Å². The van der Waals surface area contributed by atoms with Crippen LogP contribution in [-0.4, -0.2) is 139 Å². The number of aliphatic hydroxyl groups is 1. The molecule has 1 amide bonds. The fourth-order valence-electron chi connectivity index (χ4n) is 10.3. The van der Waals surface area contributed by atoms with Gasteiger partial charge in [-0.1, -0.05) is 34.6 Å². The monoisotopic (exact) mass is 891 g/mol. The molecule has 0 saturated carbocycles. The lowest BCUT2D eigenvalue weighted by Gasteiger charge is -2.47. The predicted octanol–water partition coefficient (Wildman–Crippen LogP) is 6.11. The third-order valence-electron chi connectivity index (χ3n) is 14.2. The average molecular weight is 891 g/mol. The second-order valence-corrected chi connectivity index (χ2v) is 18.7. The van der Waals surface area contributed by atoms with Crippen LogP contribution in [0.3, 0.4) is 0 Å². The lowest BCUT2D eigenvalue weighted by Crippen LogP contribution is -2.60. The molecule has 3 aromatic rings. The molecule has 3 aromatic heterocycles. The Hall–Kier alpha value is -4.48. The second kappa shape index (κ2) is 20.4. The van der Waals surface area contributed by atoms with E-state index in [9.17, 15) is 24.3 Å². The maximum absolute atomic E-state index is 14.8. The van der Waals surface area contributed by atoms with E-state index in [1.807, 2.05) is 91.6 Å². The fourth-order valence-corrected chi connectivity index (χ4v) is 10.3. The molecule has 3 fully saturated rings. The first-order valence-electron chi connectivity index (χ1n) is 23.0. The molecule has 0 aromatic carbocycles. The molecule has 0 bridgehead atoms. The minimum Gasteiger partial charge on any atom is -0.458 e. The second-order valence-electron chi connectivity index (χ2n) is 18.7. The third-order valence-corrected chi connectivity index (χ3v) is 14.2. The highest BCUT2D eigenvalue weighted by atomic mass is 16.7. The van der Waals surface area contributed by atoms with Crippen LogP contribution in [0.25, 0.3) is 17.1 Å². The van der Waals surface area contributed by atoms with Gasteiger partial charge in [-0.3, -0.25) is 14.4 Å². The Balaban J connectivity index is 1.23. The number of imidazole rings is 1. The van der Waals surface area contributed by atoms with Crippen molar-refractivity contribution < 1.29 is 48.0 Å². The first-order valence-corrected chi connectivity index (χ1v) is 23.0. The lowest BCUT2D eigenvalue weighted by molar-refractivity contribution is -0.296. The molecule has 3 aliphatic rings. The zero-order valence-corrected chi connectivity index (χ0v) is 39.5. The molecular formula is C48H70N6O10. The molecule has 0 spiro atoms. The number of aryl methyl sites for hydroxylation is 1. The number of ketones is 2. The van der Waals surface area contributed by atoms with Crippen LogP contribution in [0.4, 0.5) is 4.79 Å². The molecule has 3 saturated heterocycles. The summed E-state index contributed by atoms with van der Waals surface area (Å²) in [5.74, 6) is -4.18. The number of fused-ring (bicyclic) bond motifs is 1. The predicted molar refractivity (Wildman–Crippen MR) is 238 cm³/mol. The van der Waals surface area contributed by atoms with Gasteiger partial charge >= 0.3 is 12.1 Å². The van der Waals surface area contributed by atoms with Gasteiger partial charge in [0.15, 0.2) is 17.7 Å². The van der Waals surface area contributed by atoms with Gasteiger partial charge in [-0.2, -0.15) is 0 Å². The first-order chi connectivity index (χ1) is 30.4. The fraction of sp³-hybridized carbons (Fsp3) is 0.667. The van der Waals surface area contributed by atoms with Crippen LogP contribution in [-0.2, 0) is 44.6 Å². The van der Waals surface area contributed by atoms with Crippen LogP contribution >= 0.6 is 0 Å². The highest BCUT2D eigenvalue weighted by molar-refractivity contribution is 6.00. The number of methoxy groups -OCH3 is 1. The topological polar surface area (TPSA) is 177 Å².